The molecule has 0 unspecified atom stereocenters. The van der Waals surface area contributed by atoms with Crippen molar-refractivity contribution in [1.82, 2.24) is 20.2 Å². The third kappa shape index (κ3) is 3.38. The van der Waals surface area contributed by atoms with Gasteiger partial charge in [0.15, 0.2) is 5.82 Å². The van der Waals surface area contributed by atoms with E-state index in [0.717, 1.165) is 0 Å². The van der Waals surface area contributed by atoms with E-state index in [9.17, 15) is 9.59 Å². The summed E-state index contributed by atoms with van der Waals surface area (Å²) in [4.78, 5) is 32.1. The molecule has 8 heteroatoms. The molecule has 0 saturated heterocycles. The lowest BCUT2D eigenvalue weighted by molar-refractivity contribution is 0.102. The SMILES string of the molecule is O=C(Nc1n[nH]cc1C(=O)Nc1cccnc1)c1cccnc1. The summed E-state index contributed by atoms with van der Waals surface area (Å²) in [6, 6.07) is 6.68. The lowest BCUT2D eigenvalue weighted by atomic mass is 10.2. The van der Waals surface area contributed by atoms with Crippen molar-refractivity contribution in [2.75, 3.05) is 10.6 Å². The number of hydrogen-bond donors (Lipinski definition) is 3. The first kappa shape index (κ1) is 14.4. The van der Waals surface area contributed by atoms with Crippen molar-refractivity contribution in [3.63, 3.8) is 0 Å². The van der Waals surface area contributed by atoms with Crippen LogP contribution >= 0.6 is 0 Å². The average molecular weight is 308 g/mol. The number of carbonyl (C=O) groups excluding carboxylic acids is 2. The van der Waals surface area contributed by atoms with Crippen molar-refractivity contribution in [2.45, 2.75) is 0 Å². The highest BCUT2D eigenvalue weighted by atomic mass is 16.2. The summed E-state index contributed by atoms with van der Waals surface area (Å²) in [6.07, 6.45) is 7.53. The van der Waals surface area contributed by atoms with Gasteiger partial charge in [-0.3, -0.25) is 24.7 Å². The van der Waals surface area contributed by atoms with E-state index in [4.69, 9.17) is 0 Å². The van der Waals surface area contributed by atoms with Gasteiger partial charge in [-0.1, -0.05) is 0 Å². The Bertz CT molecular complexity index is 816. The maximum atomic E-state index is 12.3. The fourth-order valence-electron chi connectivity index (χ4n) is 1.87. The van der Waals surface area contributed by atoms with E-state index in [1.165, 1.54) is 18.6 Å². The predicted octanol–water partition coefficient (Wildman–Crippen LogP) is 1.70. The molecule has 3 N–H and O–H groups in total. The molecule has 3 rings (SSSR count). The van der Waals surface area contributed by atoms with Crippen molar-refractivity contribution < 1.29 is 9.59 Å². The molecule has 0 atom stereocenters. The van der Waals surface area contributed by atoms with Gasteiger partial charge in [-0.05, 0) is 24.3 Å². The standard InChI is InChI=1S/C15H12N6O2/c22-14(10-3-1-5-16-7-10)20-13-12(9-18-21-13)15(23)19-11-4-2-6-17-8-11/h1-9H,(H,19,23)(H2,18,20,21,22). The van der Waals surface area contributed by atoms with Gasteiger partial charge in [-0.25, -0.2) is 0 Å². The van der Waals surface area contributed by atoms with E-state index in [-0.39, 0.29) is 11.4 Å². The van der Waals surface area contributed by atoms with Gasteiger partial charge in [-0.2, -0.15) is 5.10 Å². The molecule has 0 aliphatic carbocycles. The number of carbonyl (C=O) groups is 2. The predicted molar refractivity (Wildman–Crippen MR) is 83.0 cm³/mol. The van der Waals surface area contributed by atoms with E-state index in [1.807, 2.05) is 0 Å². The van der Waals surface area contributed by atoms with Crippen molar-refractivity contribution in [3.05, 3.63) is 66.4 Å². The molecular weight excluding hydrogens is 296 g/mol. The van der Waals surface area contributed by atoms with Crippen LogP contribution in [0.4, 0.5) is 11.5 Å². The molecule has 3 aromatic rings. The minimum absolute atomic E-state index is 0.139. The first-order chi connectivity index (χ1) is 11.2. The Morgan fingerprint density at radius 3 is 2.43 bits per heavy atom. The molecule has 3 aromatic heterocycles. The van der Waals surface area contributed by atoms with Crippen LogP contribution in [0, 0.1) is 0 Å². The molecule has 0 aliphatic heterocycles. The molecule has 8 nitrogen and oxygen atoms in total. The zero-order valence-electron chi connectivity index (χ0n) is 11.9. The maximum absolute atomic E-state index is 12.3. The maximum Gasteiger partial charge on any atom is 0.261 e. The summed E-state index contributed by atoms with van der Waals surface area (Å²) >= 11 is 0. The number of H-pyrrole nitrogens is 1. The van der Waals surface area contributed by atoms with Crippen LogP contribution in [0.15, 0.2) is 55.2 Å². The highest BCUT2D eigenvalue weighted by Gasteiger charge is 2.17. The second-order valence-electron chi connectivity index (χ2n) is 4.54. The summed E-state index contributed by atoms with van der Waals surface area (Å²) < 4.78 is 0. The van der Waals surface area contributed by atoms with E-state index in [1.54, 1.807) is 36.7 Å². The zero-order chi connectivity index (χ0) is 16.1. The number of anilines is 2. The molecule has 0 aromatic carbocycles. The Labute approximate surface area is 131 Å². The normalized spacial score (nSPS) is 10.1. The molecule has 0 bridgehead atoms. The quantitative estimate of drug-likeness (QED) is 0.679. The third-order valence-electron chi connectivity index (χ3n) is 2.96. The van der Waals surface area contributed by atoms with E-state index in [2.05, 4.69) is 30.8 Å². The molecule has 0 spiro atoms. The Hall–Kier alpha value is -3.55. The Morgan fingerprint density at radius 2 is 1.74 bits per heavy atom. The zero-order valence-corrected chi connectivity index (χ0v) is 11.9. The Balaban J connectivity index is 1.74. The number of aromatic amines is 1. The van der Waals surface area contributed by atoms with Crippen molar-refractivity contribution in [2.24, 2.45) is 0 Å². The van der Waals surface area contributed by atoms with Crippen LogP contribution in [0.5, 0.6) is 0 Å². The van der Waals surface area contributed by atoms with E-state index in [0.29, 0.717) is 11.3 Å². The average Bonchev–Trinajstić information content (AvgIpc) is 3.05. The van der Waals surface area contributed by atoms with Crippen LogP contribution in [-0.2, 0) is 0 Å². The number of rotatable bonds is 4. The van der Waals surface area contributed by atoms with Crippen LogP contribution in [-0.4, -0.2) is 32.0 Å². The van der Waals surface area contributed by atoms with Crippen molar-refractivity contribution in [3.8, 4) is 0 Å². The smallest absolute Gasteiger partial charge is 0.261 e. The number of nitrogens with zero attached hydrogens (tertiary/aromatic N) is 3. The second-order valence-corrected chi connectivity index (χ2v) is 4.54. The number of hydrogen-bond acceptors (Lipinski definition) is 5. The Kier molecular flexibility index (Phi) is 4.05. The summed E-state index contributed by atoms with van der Waals surface area (Å²) in [5.74, 6) is -0.672. The minimum atomic E-state index is -0.409. The van der Waals surface area contributed by atoms with E-state index < -0.39 is 11.8 Å². The minimum Gasteiger partial charge on any atom is -0.320 e. The molecule has 2 amide bonds. The summed E-state index contributed by atoms with van der Waals surface area (Å²) in [5, 5.41) is 11.7. The van der Waals surface area contributed by atoms with Gasteiger partial charge in [0, 0.05) is 24.8 Å². The fourth-order valence-corrected chi connectivity index (χ4v) is 1.87. The lowest BCUT2D eigenvalue weighted by Gasteiger charge is -2.06. The van der Waals surface area contributed by atoms with Crippen LogP contribution in [0.3, 0.4) is 0 Å². The van der Waals surface area contributed by atoms with Crippen LogP contribution in [0.2, 0.25) is 0 Å². The molecule has 0 radical (unpaired) electrons. The number of nitrogens with one attached hydrogen (secondary N) is 3. The Morgan fingerprint density at radius 1 is 0.957 bits per heavy atom. The van der Waals surface area contributed by atoms with Gasteiger partial charge in [0.2, 0.25) is 0 Å². The summed E-state index contributed by atoms with van der Waals surface area (Å²) in [7, 11) is 0. The third-order valence-corrected chi connectivity index (χ3v) is 2.96. The first-order valence-corrected chi connectivity index (χ1v) is 6.70. The largest absolute Gasteiger partial charge is 0.320 e. The molecule has 3 heterocycles. The van der Waals surface area contributed by atoms with Crippen LogP contribution in [0.1, 0.15) is 20.7 Å². The first-order valence-electron chi connectivity index (χ1n) is 6.70. The van der Waals surface area contributed by atoms with Gasteiger partial charge in [0.1, 0.15) is 5.56 Å². The summed E-state index contributed by atoms with van der Waals surface area (Å²) in [6.45, 7) is 0. The lowest BCUT2D eigenvalue weighted by Crippen LogP contribution is -2.17. The molecule has 114 valence electrons. The van der Waals surface area contributed by atoms with Crippen molar-refractivity contribution in [1.29, 1.82) is 0 Å². The van der Waals surface area contributed by atoms with Crippen LogP contribution in [0.25, 0.3) is 0 Å². The molecular formula is C15H12N6O2. The number of pyridine rings is 2. The molecule has 23 heavy (non-hydrogen) atoms. The van der Waals surface area contributed by atoms with Crippen molar-refractivity contribution >= 4 is 23.3 Å². The molecule has 0 aliphatic rings. The van der Waals surface area contributed by atoms with Gasteiger partial charge in [-0.15, -0.1) is 0 Å². The molecule has 0 saturated carbocycles. The van der Waals surface area contributed by atoms with E-state index >= 15 is 0 Å². The second kappa shape index (κ2) is 6.48. The topological polar surface area (TPSA) is 113 Å². The van der Waals surface area contributed by atoms with Gasteiger partial charge in [0.05, 0.1) is 17.4 Å². The van der Waals surface area contributed by atoms with Gasteiger partial charge < -0.3 is 10.6 Å². The number of amides is 2. The van der Waals surface area contributed by atoms with Gasteiger partial charge in [0.25, 0.3) is 11.8 Å². The van der Waals surface area contributed by atoms with Crippen LogP contribution < -0.4 is 10.6 Å². The van der Waals surface area contributed by atoms with Gasteiger partial charge >= 0.3 is 0 Å². The molecule has 0 fully saturated rings. The monoisotopic (exact) mass is 308 g/mol. The highest BCUT2D eigenvalue weighted by molar-refractivity contribution is 6.11. The number of aromatic nitrogens is 4. The summed E-state index contributed by atoms with van der Waals surface area (Å²) in [5.41, 5.74) is 1.13. The highest BCUT2D eigenvalue weighted by Crippen LogP contribution is 2.15. The fraction of sp³-hybridized carbons (Fsp3) is 0.